The molecule has 20 heavy (non-hydrogen) atoms. The van der Waals surface area contributed by atoms with Crippen LogP contribution >= 0.6 is 11.8 Å². The highest BCUT2D eigenvalue weighted by atomic mass is 32.2. The van der Waals surface area contributed by atoms with Crippen LogP contribution in [0.2, 0.25) is 0 Å². The molecule has 1 saturated heterocycles. The van der Waals surface area contributed by atoms with Crippen LogP contribution in [0.4, 0.5) is 0 Å². The zero-order valence-electron chi connectivity index (χ0n) is 10.8. The number of amides is 1. The second-order valence-electron chi connectivity index (χ2n) is 4.89. The van der Waals surface area contributed by atoms with Crippen molar-refractivity contribution in [1.82, 2.24) is 4.90 Å². The fraction of sp³-hybridized carbons (Fsp3) is 0.429. The van der Waals surface area contributed by atoms with Gasteiger partial charge in [-0.3, -0.25) is 4.79 Å². The second kappa shape index (κ2) is 5.36. The Balaban J connectivity index is 1.87. The number of hydrogen-bond donors (Lipinski definition) is 1. The molecule has 2 atom stereocenters. The van der Waals surface area contributed by atoms with E-state index in [1.807, 2.05) is 24.3 Å². The third kappa shape index (κ3) is 2.24. The lowest BCUT2D eigenvalue weighted by Gasteiger charge is -2.30. The van der Waals surface area contributed by atoms with Gasteiger partial charge in [-0.15, -0.1) is 11.8 Å². The Labute approximate surface area is 120 Å². The minimum absolute atomic E-state index is 0.0989. The number of thioether (sulfide) groups is 1. The van der Waals surface area contributed by atoms with Crippen LogP contribution in [0.25, 0.3) is 0 Å². The minimum atomic E-state index is -0.927. The summed E-state index contributed by atoms with van der Waals surface area (Å²) in [5, 5.41) is 9.19. The maximum atomic E-state index is 12.7. The van der Waals surface area contributed by atoms with Gasteiger partial charge in [-0.25, -0.2) is 4.79 Å². The predicted octanol–water partition coefficient (Wildman–Crippen LogP) is 1.54. The summed E-state index contributed by atoms with van der Waals surface area (Å²) in [7, 11) is 0. The molecule has 0 bridgehead atoms. The van der Waals surface area contributed by atoms with E-state index in [2.05, 4.69) is 0 Å². The van der Waals surface area contributed by atoms with Gasteiger partial charge in [-0.05, 0) is 12.5 Å². The van der Waals surface area contributed by atoms with Crippen molar-refractivity contribution in [2.75, 3.05) is 18.2 Å². The van der Waals surface area contributed by atoms with Crippen LogP contribution in [-0.4, -0.2) is 46.2 Å². The molecule has 2 aliphatic rings. The monoisotopic (exact) mass is 293 g/mol. The van der Waals surface area contributed by atoms with Gasteiger partial charge in [0.25, 0.3) is 0 Å². The molecule has 1 aromatic carbocycles. The number of carbonyl (C=O) groups is 2. The quantitative estimate of drug-likeness (QED) is 0.896. The number of carboxylic acid groups (broad SMARTS) is 1. The zero-order valence-corrected chi connectivity index (χ0v) is 11.6. The zero-order chi connectivity index (χ0) is 14.1. The standard InChI is InChI=1S/C14H15NO4S/c16-13(15-8-20-7-11(15)14(17)18)10-5-6-19-12-4-2-1-3-9(10)12/h1-4,10-11H,5-8H2,(H,17,18). The maximum absolute atomic E-state index is 12.7. The lowest BCUT2D eigenvalue weighted by atomic mass is 9.91. The molecule has 1 fully saturated rings. The second-order valence-corrected chi connectivity index (χ2v) is 5.89. The molecule has 0 aliphatic carbocycles. The van der Waals surface area contributed by atoms with Crippen molar-refractivity contribution in [3.63, 3.8) is 0 Å². The van der Waals surface area contributed by atoms with Crippen LogP contribution in [0.15, 0.2) is 24.3 Å². The van der Waals surface area contributed by atoms with Crippen LogP contribution in [0.1, 0.15) is 17.9 Å². The lowest BCUT2D eigenvalue weighted by Crippen LogP contribution is -2.44. The molecule has 1 amide bonds. The molecule has 106 valence electrons. The molecular weight excluding hydrogens is 278 g/mol. The van der Waals surface area contributed by atoms with Crippen molar-refractivity contribution in [1.29, 1.82) is 0 Å². The van der Waals surface area contributed by atoms with Gasteiger partial charge in [0.2, 0.25) is 5.91 Å². The first kappa shape index (κ1) is 13.3. The van der Waals surface area contributed by atoms with Crippen LogP contribution in [-0.2, 0) is 9.59 Å². The largest absolute Gasteiger partial charge is 0.493 e. The molecule has 2 heterocycles. The summed E-state index contributed by atoms with van der Waals surface area (Å²) >= 11 is 1.49. The van der Waals surface area contributed by atoms with E-state index in [1.54, 1.807) is 0 Å². The lowest BCUT2D eigenvalue weighted by molar-refractivity contribution is -0.148. The van der Waals surface area contributed by atoms with Crippen molar-refractivity contribution < 1.29 is 19.4 Å². The summed E-state index contributed by atoms with van der Waals surface area (Å²) < 4.78 is 5.55. The number of aliphatic carboxylic acids is 1. The van der Waals surface area contributed by atoms with E-state index in [0.29, 0.717) is 24.7 Å². The Bertz CT molecular complexity index is 548. The molecule has 2 unspecified atom stereocenters. The Morgan fingerprint density at radius 2 is 2.15 bits per heavy atom. The number of benzene rings is 1. The van der Waals surface area contributed by atoms with E-state index in [-0.39, 0.29) is 11.8 Å². The molecule has 0 spiro atoms. The summed E-state index contributed by atoms with van der Waals surface area (Å²) in [6.07, 6.45) is 0.601. The number of fused-ring (bicyclic) bond motifs is 1. The molecule has 0 radical (unpaired) electrons. The molecule has 2 aliphatic heterocycles. The van der Waals surface area contributed by atoms with Crippen molar-refractivity contribution in [2.24, 2.45) is 0 Å². The number of ether oxygens (including phenoxy) is 1. The summed E-state index contributed by atoms with van der Waals surface area (Å²) in [6, 6.07) is 6.78. The minimum Gasteiger partial charge on any atom is -0.493 e. The first-order chi connectivity index (χ1) is 9.68. The molecular formula is C14H15NO4S. The van der Waals surface area contributed by atoms with Gasteiger partial charge in [0, 0.05) is 11.3 Å². The molecule has 3 rings (SSSR count). The first-order valence-electron chi connectivity index (χ1n) is 6.51. The fourth-order valence-electron chi connectivity index (χ4n) is 2.66. The van der Waals surface area contributed by atoms with E-state index in [9.17, 15) is 14.7 Å². The number of hydrogen-bond acceptors (Lipinski definition) is 4. The summed E-state index contributed by atoms with van der Waals surface area (Å²) in [5.74, 6) is 0.333. The highest BCUT2D eigenvalue weighted by Gasteiger charge is 2.39. The van der Waals surface area contributed by atoms with Gasteiger partial charge >= 0.3 is 5.97 Å². The van der Waals surface area contributed by atoms with E-state index in [1.165, 1.54) is 16.7 Å². The summed E-state index contributed by atoms with van der Waals surface area (Å²) in [4.78, 5) is 25.4. The molecule has 6 heteroatoms. The highest BCUT2D eigenvalue weighted by Crippen LogP contribution is 2.36. The van der Waals surface area contributed by atoms with Crippen molar-refractivity contribution in [2.45, 2.75) is 18.4 Å². The van der Waals surface area contributed by atoms with Crippen molar-refractivity contribution in [3.8, 4) is 5.75 Å². The Morgan fingerprint density at radius 3 is 2.95 bits per heavy atom. The summed E-state index contributed by atoms with van der Waals surface area (Å²) in [6.45, 7) is 0.492. The number of carboxylic acids is 1. The van der Waals surface area contributed by atoms with Gasteiger partial charge in [-0.1, -0.05) is 18.2 Å². The van der Waals surface area contributed by atoms with Crippen LogP contribution in [0.5, 0.6) is 5.75 Å². The predicted molar refractivity (Wildman–Crippen MR) is 74.9 cm³/mol. The summed E-state index contributed by atoms with van der Waals surface area (Å²) in [5.41, 5.74) is 0.866. The topological polar surface area (TPSA) is 66.8 Å². The van der Waals surface area contributed by atoms with Gasteiger partial charge in [0.15, 0.2) is 0 Å². The van der Waals surface area contributed by atoms with E-state index in [0.717, 1.165) is 11.3 Å². The van der Waals surface area contributed by atoms with E-state index >= 15 is 0 Å². The maximum Gasteiger partial charge on any atom is 0.327 e. The Kier molecular flexibility index (Phi) is 3.56. The SMILES string of the molecule is O=C(O)C1CSCN1C(=O)C1CCOc2ccccc21. The average molecular weight is 293 g/mol. The molecule has 0 saturated carbocycles. The van der Waals surface area contributed by atoms with Gasteiger partial charge in [0.05, 0.1) is 18.4 Å². The molecule has 1 N–H and O–H groups in total. The van der Waals surface area contributed by atoms with Crippen molar-refractivity contribution in [3.05, 3.63) is 29.8 Å². The average Bonchev–Trinajstić information content (AvgIpc) is 2.95. The molecule has 5 nitrogen and oxygen atoms in total. The number of rotatable bonds is 2. The Morgan fingerprint density at radius 1 is 1.35 bits per heavy atom. The molecule has 0 aromatic heterocycles. The fourth-order valence-corrected chi connectivity index (χ4v) is 3.82. The van der Waals surface area contributed by atoms with Gasteiger partial charge in [0.1, 0.15) is 11.8 Å². The van der Waals surface area contributed by atoms with Crippen LogP contribution in [0, 0.1) is 0 Å². The number of para-hydroxylation sites is 1. The van der Waals surface area contributed by atoms with E-state index < -0.39 is 12.0 Å². The third-order valence-electron chi connectivity index (χ3n) is 3.71. The van der Waals surface area contributed by atoms with Gasteiger partial charge < -0.3 is 14.7 Å². The smallest absolute Gasteiger partial charge is 0.327 e. The first-order valence-corrected chi connectivity index (χ1v) is 7.66. The van der Waals surface area contributed by atoms with E-state index in [4.69, 9.17) is 4.74 Å². The number of carbonyl (C=O) groups excluding carboxylic acids is 1. The van der Waals surface area contributed by atoms with Crippen molar-refractivity contribution >= 4 is 23.6 Å². The Hall–Kier alpha value is -1.69. The number of nitrogens with zero attached hydrogens (tertiary/aromatic N) is 1. The molecule has 1 aromatic rings. The highest BCUT2D eigenvalue weighted by molar-refractivity contribution is 7.99. The third-order valence-corrected chi connectivity index (χ3v) is 4.72. The normalized spacial score (nSPS) is 24.9. The van der Waals surface area contributed by atoms with Crippen LogP contribution < -0.4 is 4.74 Å². The van der Waals surface area contributed by atoms with Crippen LogP contribution in [0.3, 0.4) is 0 Å². The van der Waals surface area contributed by atoms with Gasteiger partial charge in [-0.2, -0.15) is 0 Å².